The zero-order valence-corrected chi connectivity index (χ0v) is 14.2. The van der Waals surface area contributed by atoms with Gasteiger partial charge >= 0.3 is 0 Å². The molecule has 0 aliphatic carbocycles. The SMILES string of the molecule is Cc1ccc2cccc(NC(=O)c3ccc(OC4COC4)c(F)c3)c2n1. The van der Waals surface area contributed by atoms with E-state index >= 15 is 0 Å². The summed E-state index contributed by atoms with van der Waals surface area (Å²) in [6, 6.07) is 13.6. The van der Waals surface area contributed by atoms with Crippen LogP contribution in [-0.2, 0) is 4.74 Å². The molecule has 0 atom stereocenters. The molecular weight excluding hydrogens is 335 g/mol. The highest BCUT2D eigenvalue weighted by atomic mass is 19.1. The second kappa shape index (κ2) is 6.72. The van der Waals surface area contributed by atoms with Crippen LogP contribution in [0.4, 0.5) is 10.1 Å². The summed E-state index contributed by atoms with van der Waals surface area (Å²) in [5.74, 6) is -0.855. The molecule has 6 heteroatoms. The fraction of sp³-hybridized carbons (Fsp3) is 0.200. The summed E-state index contributed by atoms with van der Waals surface area (Å²) < 4.78 is 24.7. The van der Waals surface area contributed by atoms with Crippen molar-refractivity contribution in [3.05, 3.63) is 65.6 Å². The van der Waals surface area contributed by atoms with Crippen molar-refractivity contribution in [3.63, 3.8) is 0 Å². The summed E-state index contributed by atoms with van der Waals surface area (Å²) >= 11 is 0. The second-order valence-electron chi connectivity index (χ2n) is 6.21. The van der Waals surface area contributed by atoms with Crippen molar-refractivity contribution in [1.82, 2.24) is 4.98 Å². The number of carbonyl (C=O) groups excluding carboxylic acids is 1. The molecule has 3 aromatic rings. The van der Waals surface area contributed by atoms with Gasteiger partial charge in [-0.05, 0) is 37.3 Å². The first-order valence-corrected chi connectivity index (χ1v) is 8.32. The average molecular weight is 352 g/mol. The maximum atomic E-state index is 14.2. The van der Waals surface area contributed by atoms with E-state index in [1.54, 1.807) is 6.07 Å². The van der Waals surface area contributed by atoms with Crippen molar-refractivity contribution in [2.75, 3.05) is 18.5 Å². The van der Waals surface area contributed by atoms with E-state index in [1.165, 1.54) is 18.2 Å². The van der Waals surface area contributed by atoms with Crippen LogP contribution >= 0.6 is 0 Å². The highest BCUT2D eigenvalue weighted by Crippen LogP contribution is 2.24. The molecule has 2 heterocycles. The summed E-state index contributed by atoms with van der Waals surface area (Å²) in [5.41, 5.74) is 2.35. The number of aromatic nitrogens is 1. The Bertz CT molecular complexity index is 986. The van der Waals surface area contributed by atoms with Gasteiger partial charge in [0.15, 0.2) is 11.6 Å². The number of fused-ring (bicyclic) bond motifs is 1. The van der Waals surface area contributed by atoms with Crippen LogP contribution in [0.2, 0.25) is 0 Å². The summed E-state index contributed by atoms with van der Waals surface area (Å²) in [7, 11) is 0. The molecule has 4 rings (SSSR count). The van der Waals surface area contributed by atoms with Crippen LogP contribution in [0.25, 0.3) is 10.9 Å². The summed E-state index contributed by atoms with van der Waals surface area (Å²) in [6.07, 6.45) is -0.130. The van der Waals surface area contributed by atoms with Crippen LogP contribution < -0.4 is 10.1 Å². The zero-order chi connectivity index (χ0) is 18.1. The molecule has 0 spiro atoms. The summed E-state index contributed by atoms with van der Waals surface area (Å²) in [5, 5.41) is 3.73. The zero-order valence-electron chi connectivity index (χ0n) is 14.2. The van der Waals surface area contributed by atoms with Gasteiger partial charge in [0.05, 0.1) is 24.4 Å². The van der Waals surface area contributed by atoms with Crippen LogP contribution in [0.1, 0.15) is 16.1 Å². The number of amides is 1. The molecule has 1 saturated heterocycles. The maximum Gasteiger partial charge on any atom is 0.255 e. The van der Waals surface area contributed by atoms with E-state index in [-0.39, 0.29) is 17.4 Å². The number of rotatable bonds is 4. The number of nitrogens with zero attached hydrogens (tertiary/aromatic N) is 1. The lowest BCUT2D eigenvalue weighted by atomic mass is 10.1. The largest absolute Gasteiger partial charge is 0.483 e. The molecule has 1 N–H and O–H groups in total. The second-order valence-corrected chi connectivity index (χ2v) is 6.21. The Morgan fingerprint density at radius 1 is 1.23 bits per heavy atom. The molecule has 0 radical (unpaired) electrons. The summed E-state index contributed by atoms with van der Waals surface area (Å²) in [4.78, 5) is 17.0. The predicted molar refractivity (Wildman–Crippen MR) is 96.1 cm³/mol. The number of carbonyl (C=O) groups is 1. The number of aryl methyl sites for hydroxylation is 1. The number of nitrogens with one attached hydrogen (secondary N) is 1. The smallest absolute Gasteiger partial charge is 0.255 e. The van der Waals surface area contributed by atoms with E-state index in [2.05, 4.69) is 10.3 Å². The molecule has 1 amide bonds. The van der Waals surface area contributed by atoms with Crippen LogP contribution in [-0.4, -0.2) is 30.2 Å². The molecule has 2 aromatic carbocycles. The molecule has 26 heavy (non-hydrogen) atoms. The van der Waals surface area contributed by atoms with E-state index in [9.17, 15) is 9.18 Å². The number of benzene rings is 2. The normalized spacial score (nSPS) is 14.1. The summed E-state index contributed by atoms with van der Waals surface area (Å²) in [6.45, 7) is 2.80. The van der Waals surface area contributed by atoms with Gasteiger partial charge in [-0.3, -0.25) is 9.78 Å². The van der Waals surface area contributed by atoms with Gasteiger partial charge in [-0.15, -0.1) is 0 Å². The van der Waals surface area contributed by atoms with Gasteiger partial charge in [0.25, 0.3) is 5.91 Å². The number of halogens is 1. The van der Waals surface area contributed by atoms with E-state index in [0.717, 1.165) is 11.1 Å². The van der Waals surface area contributed by atoms with Gasteiger partial charge in [0.1, 0.15) is 6.10 Å². The first kappa shape index (κ1) is 16.5. The van der Waals surface area contributed by atoms with Gasteiger partial charge in [-0.25, -0.2) is 4.39 Å². The topological polar surface area (TPSA) is 60.5 Å². The van der Waals surface area contributed by atoms with Crippen molar-refractivity contribution in [2.24, 2.45) is 0 Å². The van der Waals surface area contributed by atoms with E-state index in [0.29, 0.717) is 24.4 Å². The Balaban J connectivity index is 1.56. The van der Waals surface area contributed by atoms with E-state index in [1.807, 2.05) is 31.2 Å². The first-order chi connectivity index (χ1) is 12.6. The fourth-order valence-corrected chi connectivity index (χ4v) is 2.74. The van der Waals surface area contributed by atoms with Gasteiger partial charge in [-0.1, -0.05) is 18.2 Å². The Morgan fingerprint density at radius 2 is 2.08 bits per heavy atom. The standard InChI is InChI=1S/C20H17FN2O3/c1-12-5-6-13-3-2-4-17(19(13)22-12)23-20(24)14-7-8-18(16(21)9-14)26-15-10-25-11-15/h2-9,15H,10-11H2,1H3,(H,23,24). The Kier molecular flexibility index (Phi) is 4.26. The third-order valence-electron chi connectivity index (χ3n) is 4.20. The highest BCUT2D eigenvalue weighted by molar-refractivity contribution is 6.08. The molecular formula is C20H17FN2O3. The number of para-hydroxylation sites is 1. The molecule has 5 nitrogen and oxygen atoms in total. The minimum Gasteiger partial charge on any atom is -0.483 e. The molecule has 0 unspecified atom stereocenters. The Morgan fingerprint density at radius 3 is 2.81 bits per heavy atom. The monoisotopic (exact) mass is 352 g/mol. The van der Waals surface area contributed by atoms with Crippen LogP contribution in [0, 0.1) is 12.7 Å². The molecule has 0 saturated carbocycles. The molecule has 1 aliphatic rings. The number of hydrogen-bond donors (Lipinski definition) is 1. The average Bonchev–Trinajstić information content (AvgIpc) is 2.59. The minimum absolute atomic E-state index is 0.123. The maximum absolute atomic E-state index is 14.2. The molecule has 1 aromatic heterocycles. The van der Waals surface area contributed by atoms with Crippen molar-refractivity contribution < 1.29 is 18.7 Å². The third-order valence-corrected chi connectivity index (χ3v) is 4.20. The van der Waals surface area contributed by atoms with Gasteiger partial charge in [-0.2, -0.15) is 0 Å². The van der Waals surface area contributed by atoms with Gasteiger partial charge in [0.2, 0.25) is 0 Å². The number of ether oxygens (including phenoxy) is 2. The first-order valence-electron chi connectivity index (χ1n) is 8.32. The predicted octanol–water partition coefficient (Wildman–Crippen LogP) is 3.71. The lowest BCUT2D eigenvalue weighted by Crippen LogP contribution is -2.38. The Hall–Kier alpha value is -2.99. The van der Waals surface area contributed by atoms with Crippen molar-refractivity contribution in [3.8, 4) is 5.75 Å². The number of anilines is 1. The van der Waals surface area contributed by atoms with E-state index < -0.39 is 11.7 Å². The quantitative estimate of drug-likeness (QED) is 0.778. The number of pyridine rings is 1. The van der Waals surface area contributed by atoms with Crippen molar-refractivity contribution in [2.45, 2.75) is 13.0 Å². The third kappa shape index (κ3) is 3.23. The number of hydrogen-bond acceptors (Lipinski definition) is 4. The van der Waals surface area contributed by atoms with Gasteiger partial charge in [0, 0.05) is 16.6 Å². The minimum atomic E-state index is -0.573. The molecule has 1 aliphatic heterocycles. The van der Waals surface area contributed by atoms with Crippen LogP contribution in [0.15, 0.2) is 48.5 Å². The van der Waals surface area contributed by atoms with Crippen molar-refractivity contribution in [1.29, 1.82) is 0 Å². The van der Waals surface area contributed by atoms with Crippen LogP contribution in [0.3, 0.4) is 0 Å². The van der Waals surface area contributed by atoms with E-state index in [4.69, 9.17) is 9.47 Å². The highest BCUT2D eigenvalue weighted by Gasteiger charge is 2.22. The van der Waals surface area contributed by atoms with Crippen molar-refractivity contribution >= 4 is 22.5 Å². The van der Waals surface area contributed by atoms with Gasteiger partial charge < -0.3 is 14.8 Å². The lowest BCUT2D eigenvalue weighted by molar-refractivity contribution is -0.0808. The Labute approximate surface area is 149 Å². The molecule has 132 valence electrons. The molecule has 0 bridgehead atoms. The fourth-order valence-electron chi connectivity index (χ4n) is 2.74. The lowest BCUT2D eigenvalue weighted by Gasteiger charge is -2.26. The molecule has 1 fully saturated rings. The van der Waals surface area contributed by atoms with Crippen LogP contribution in [0.5, 0.6) is 5.75 Å².